The van der Waals surface area contributed by atoms with E-state index in [0.29, 0.717) is 19.7 Å². The highest BCUT2D eigenvalue weighted by Crippen LogP contribution is 2.20. The quantitative estimate of drug-likeness (QED) is 0.849. The van der Waals surface area contributed by atoms with E-state index in [9.17, 15) is 5.11 Å². The molecular formula is C17H24N4O3. The van der Waals surface area contributed by atoms with Crippen molar-refractivity contribution < 1.29 is 14.6 Å². The Bertz CT molecular complexity index is 661. The summed E-state index contributed by atoms with van der Waals surface area (Å²) in [5, 5.41) is 18.3. The van der Waals surface area contributed by atoms with Gasteiger partial charge in [0.15, 0.2) is 5.82 Å². The number of morpholine rings is 1. The number of benzene rings is 1. The summed E-state index contributed by atoms with van der Waals surface area (Å²) in [4.78, 5) is 2.18. The van der Waals surface area contributed by atoms with Crippen LogP contribution in [0.15, 0.2) is 30.6 Å². The van der Waals surface area contributed by atoms with Gasteiger partial charge in [-0.1, -0.05) is 18.2 Å². The first-order valence-corrected chi connectivity index (χ1v) is 8.18. The molecule has 0 amide bonds. The molecule has 3 rings (SSSR count). The van der Waals surface area contributed by atoms with Gasteiger partial charge in [0.1, 0.15) is 30.9 Å². The molecule has 7 heteroatoms. The number of aromatic nitrogens is 3. The zero-order chi connectivity index (χ0) is 16.9. The number of ether oxygens (including phenoxy) is 2. The minimum absolute atomic E-state index is 0.115. The zero-order valence-corrected chi connectivity index (χ0v) is 14.1. The Labute approximate surface area is 141 Å². The number of β-amino-alcohol motifs (C(OH)–C–C–N with tert-alkyl or cyclic N) is 1. The standard InChI is InChI=1S/C17H24N4O3/c1-13-5-3-4-6-15(13)24-11-14(22)9-21-7-8-23-16(10-21)17-19-18-12-20(17)2/h3-6,12,14,16,22H,7-11H2,1-2H3. The number of hydrogen-bond acceptors (Lipinski definition) is 6. The van der Waals surface area contributed by atoms with Gasteiger partial charge in [0.2, 0.25) is 0 Å². The second-order valence-electron chi connectivity index (χ2n) is 6.15. The predicted octanol–water partition coefficient (Wildman–Crippen LogP) is 0.937. The molecule has 0 radical (unpaired) electrons. The van der Waals surface area contributed by atoms with E-state index in [-0.39, 0.29) is 12.7 Å². The third-order valence-corrected chi connectivity index (χ3v) is 4.18. The Kier molecular flexibility index (Phi) is 5.44. The van der Waals surface area contributed by atoms with Gasteiger partial charge in [-0.05, 0) is 18.6 Å². The van der Waals surface area contributed by atoms with Crippen LogP contribution < -0.4 is 4.74 Å². The van der Waals surface area contributed by atoms with Crippen LogP contribution in [-0.4, -0.2) is 63.7 Å². The van der Waals surface area contributed by atoms with E-state index in [1.807, 2.05) is 42.8 Å². The molecule has 1 aliphatic rings. The van der Waals surface area contributed by atoms with Gasteiger partial charge < -0.3 is 19.1 Å². The van der Waals surface area contributed by atoms with Crippen LogP contribution in [0.25, 0.3) is 0 Å². The van der Waals surface area contributed by atoms with Gasteiger partial charge in [0.05, 0.1) is 6.61 Å². The molecule has 2 unspecified atom stereocenters. The van der Waals surface area contributed by atoms with Crippen LogP contribution in [0, 0.1) is 6.92 Å². The highest BCUT2D eigenvalue weighted by atomic mass is 16.5. The maximum Gasteiger partial charge on any atom is 0.163 e. The Morgan fingerprint density at radius 1 is 1.42 bits per heavy atom. The molecule has 1 saturated heterocycles. The van der Waals surface area contributed by atoms with E-state index in [2.05, 4.69) is 15.1 Å². The van der Waals surface area contributed by atoms with Crippen LogP contribution in [0.3, 0.4) is 0 Å². The van der Waals surface area contributed by atoms with E-state index >= 15 is 0 Å². The molecule has 130 valence electrons. The molecule has 1 fully saturated rings. The zero-order valence-electron chi connectivity index (χ0n) is 14.1. The number of aliphatic hydroxyl groups is 1. The molecule has 2 aromatic rings. The number of aryl methyl sites for hydroxylation is 2. The SMILES string of the molecule is Cc1ccccc1OCC(O)CN1CCOC(c2nncn2C)C1. The van der Waals surface area contributed by atoms with Crippen molar-refractivity contribution in [3.05, 3.63) is 42.0 Å². The summed E-state index contributed by atoms with van der Waals surface area (Å²) in [7, 11) is 1.91. The average Bonchev–Trinajstić information content (AvgIpc) is 3.00. The number of para-hydroxylation sites is 1. The molecule has 2 heterocycles. The molecule has 0 aliphatic carbocycles. The molecule has 24 heavy (non-hydrogen) atoms. The average molecular weight is 332 g/mol. The highest BCUT2D eigenvalue weighted by molar-refractivity contribution is 5.31. The summed E-state index contributed by atoms with van der Waals surface area (Å²) >= 11 is 0. The fourth-order valence-corrected chi connectivity index (χ4v) is 2.86. The van der Waals surface area contributed by atoms with E-state index in [1.165, 1.54) is 0 Å². The monoisotopic (exact) mass is 332 g/mol. The van der Waals surface area contributed by atoms with Gasteiger partial charge in [-0.2, -0.15) is 0 Å². The van der Waals surface area contributed by atoms with Crippen molar-refractivity contribution in [2.45, 2.75) is 19.1 Å². The summed E-state index contributed by atoms with van der Waals surface area (Å²) in [6.45, 7) is 4.91. The lowest BCUT2D eigenvalue weighted by molar-refractivity contribution is -0.0506. The summed E-state index contributed by atoms with van der Waals surface area (Å²) < 4.78 is 13.4. The minimum Gasteiger partial charge on any atom is -0.491 e. The predicted molar refractivity (Wildman–Crippen MR) is 88.8 cm³/mol. The fourth-order valence-electron chi connectivity index (χ4n) is 2.86. The van der Waals surface area contributed by atoms with E-state index < -0.39 is 6.10 Å². The largest absolute Gasteiger partial charge is 0.491 e. The molecule has 7 nitrogen and oxygen atoms in total. The topological polar surface area (TPSA) is 72.6 Å². The van der Waals surface area contributed by atoms with Gasteiger partial charge in [-0.3, -0.25) is 4.90 Å². The molecule has 0 saturated carbocycles. The van der Waals surface area contributed by atoms with Crippen LogP contribution in [0.2, 0.25) is 0 Å². The molecule has 1 aromatic carbocycles. The van der Waals surface area contributed by atoms with Gasteiger partial charge in [-0.15, -0.1) is 10.2 Å². The normalized spacial score (nSPS) is 20.0. The lowest BCUT2D eigenvalue weighted by atomic mass is 10.2. The number of hydrogen-bond donors (Lipinski definition) is 1. The van der Waals surface area contributed by atoms with E-state index in [0.717, 1.165) is 23.7 Å². The summed E-state index contributed by atoms with van der Waals surface area (Å²) in [5.74, 6) is 1.63. The lowest BCUT2D eigenvalue weighted by Gasteiger charge is -2.33. The van der Waals surface area contributed by atoms with Crippen molar-refractivity contribution in [2.24, 2.45) is 7.05 Å². The van der Waals surface area contributed by atoms with E-state index in [1.54, 1.807) is 6.33 Å². The summed E-state index contributed by atoms with van der Waals surface area (Å²) in [6, 6.07) is 7.82. The van der Waals surface area contributed by atoms with Crippen LogP contribution in [0.5, 0.6) is 5.75 Å². The Morgan fingerprint density at radius 3 is 3.00 bits per heavy atom. The minimum atomic E-state index is -0.553. The van der Waals surface area contributed by atoms with Crippen molar-refractivity contribution in [3.63, 3.8) is 0 Å². The molecule has 0 bridgehead atoms. The maximum atomic E-state index is 10.3. The third kappa shape index (κ3) is 4.11. The first-order chi connectivity index (χ1) is 11.6. The van der Waals surface area contributed by atoms with Crippen LogP contribution in [0.1, 0.15) is 17.5 Å². The molecule has 1 aliphatic heterocycles. The number of aliphatic hydroxyl groups excluding tert-OH is 1. The van der Waals surface area contributed by atoms with Crippen molar-refractivity contribution in [1.82, 2.24) is 19.7 Å². The van der Waals surface area contributed by atoms with Crippen LogP contribution in [-0.2, 0) is 11.8 Å². The second-order valence-corrected chi connectivity index (χ2v) is 6.15. The molecule has 1 N–H and O–H groups in total. The van der Waals surface area contributed by atoms with Gasteiger partial charge in [0.25, 0.3) is 0 Å². The smallest absolute Gasteiger partial charge is 0.163 e. The maximum absolute atomic E-state index is 10.3. The van der Waals surface area contributed by atoms with E-state index in [4.69, 9.17) is 9.47 Å². The second kappa shape index (κ2) is 7.74. The van der Waals surface area contributed by atoms with Crippen molar-refractivity contribution in [3.8, 4) is 5.75 Å². The lowest BCUT2D eigenvalue weighted by Crippen LogP contribution is -2.44. The molecule has 0 spiro atoms. The van der Waals surface area contributed by atoms with Gasteiger partial charge >= 0.3 is 0 Å². The highest BCUT2D eigenvalue weighted by Gasteiger charge is 2.26. The summed E-state index contributed by atoms with van der Waals surface area (Å²) in [5.41, 5.74) is 1.07. The Balaban J connectivity index is 1.50. The summed E-state index contributed by atoms with van der Waals surface area (Å²) in [6.07, 6.45) is 1.00. The first-order valence-electron chi connectivity index (χ1n) is 8.18. The molecular weight excluding hydrogens is 308 g/mol. The fraction of sp³-hybridized carbons (Fsp3) is 0.529. The molecule has 1 aromatic heterocycles. The van der Waals surface area contributed by atoms with Crippen molar-refractivity contribution in [2.75, 3.05) is 32.8 Å². The molecule has 2 atom stereocenters. The Morgan fingerprint density at radius 2 is 2.25 bits per heavy atom. The van der Waals surface area contributed by atoms with Crippen LogP contribution in [0.4, 0.5) is 0 Å². The first kappa shape index (κ1) is 16.9. The van der Waals surface area contributed by atoms with Crippen molar-refractivity contribution >= 4 is 0 Å². The van der Waals surface area contributed by atoms with Gasteiger partial charge in [-0.25, -0.2) is 0 Å². The third-order valence-electron chi connectivity index (χ3n) is 4.18. The number of rotatable bonds is 6. The van der Waals surface area contributed by atoms with Crippen molar-refractivity contribution in [1.29, 1.82) is 0 Å². The van der Waals surface area contributed by atoms with Gasteiger partial charge in [0, 0.05) is 26.7 Å². The number of nitrogens with zero attached hydrogens (tertiary/aromatic N) is 4. The van der Waals surface area contributed by atoms with Crippen LogP contribution >= 0.6 is 0 Å². The Hall–Kier alpha value is -1.96.